The van der Waals surface area contributed by atoms with Gasteiger partial charge in [0.25, 0.3) is 0 Å². The average Bonchev–Trinajstić information content (AvgIpc) is 2.38. The molecule has 1 aliphatic heterocycles. The highest BCUT2D eigenvalue weighted by atomic mass is 16.5. The van der Waals surface area contributed by atoms with Crippen molar-refractivity contribution in [3.8, 4) is 0 Å². The van der Waals surface area contributed by atoms with Gasteiger partial charge in [-0.15, -0.1) is 0 Å². The molecule has 2 aliphatic rings. The van der Waals surface area contributed by atoms with Crippen LogP contribution in [0.1, 0.15) is 51.9 Å². The van der Waals surface area contributed by atoms with Crippen LogP contribution in [0.4, 0.5) is 0 Å². The van der Waals surface area contributed by atoms with E-state index in [0.29, 0.717) is 13.2 Å². The summed E-state index contributed by atoms with van der Waals surface area (Å²) in [6.07, 6.45) is 8.08. The first kappa shape index (κ1) is 14.8. The van der Waals surface area contributed by atoms with Crippen LogP contribution in [-0.2, 0) is 9.53 Å². The van der Waals surface area contributed by atoms with E-state index < -0.39 is 0 Å². The molecule has 0 aromatic rings. The second-order valence-electron chi connectivity index (χ2n) is 6.02. The molecule has 2 fully saturated rings. The van der Waals surface area contributed by atoms with Crippen molar-refractivity contribution in [2.24, 2.45) is 5.92 Å². The van der Waals surface area contributed by atoms with Gasteiger partial charge in [0.2, 0.25) is 5.91 Å². The number of nitrogens with zero attached hydrogens (tertiary/aromatic N) is 1. The standard InChI is InChI=1S/C15H27NO3/c1-12-11-19-14(10-17)9-16(12)15(18)13-7-5-3-2-4-6-8-13/h12-14,17H,2-11H2,1H3. The summed E-state index contributed by atoms with van der Waals surface area (Å²) < 4.78 is 5.51. The van der Waals surface area contributed by atoms with Crippen LogP contribution in [0.5, 0.6) is 0 Å². The van der Waals surface area contributed by atoms with Crippen molar-refractivity contribution in [2.45, 2.75) is 64.0 Å². The van der Waals surface area contributed by atoms with Gasteiger partial charge in [0.1, 0.15) is 0 Å². The van der Waals surface area contributed by atoms with Gasteiger partial charge in [-0.25, -0.2) is 0 Å². The Morgan fingerprint density at radius 2 is 1.84 bits per heavy atom. The lowest BCUT2D eigenvalue weighted by Crippen LogP contribution is -2.53. The number of carbonyl (C=O) groups excluding carboxylic acids is 1. The van der Waals surface area contributed by atoms with Crippen molar-refractivity contribution in [1.29, 1.82) is 0 Å². The Labute approximate surface area is 116 Å². The third-order valence-corrected chi connectivity index (χ3v) is 4.45. The summed E-state index contributed by atoms with van der Waals surface area (Å²) in [5.74, 6) is 0.483. The van der Waals surface area contributed by atoms with Gasteiger partial charge >= 0.3 is 0 Å². The average molecular weight is 269 g/mol. The quantitative estimate of drug-likeness (QED) is 0.833. The molecule has 4 heteroatoms. The lowest BCUT2D eigenvalue weighted by Gasteiger charge is -2.39. The molecule has 2 unspecified atom stereocenters. The monoisotopic (exact) mass is 269 g/mol. The van der Waals surface area contributed by atoms with E-state index in [1.54, 1.807) is 0 Å². The molecule has 19 heavy (non-hydrogen) atoms. The van der Waals surface area contributed by atoms with E-state index in [-0.39, 0.29) is 30.6 Å². The van der Waals surface area contributed by atoms with Crippen LogP contribution < -0.4 is 0 Å². The first-order chi connectivity index (χ1) is 9.22. The van der Waals surface area contributed by atoms with Gasteiger partial charge in [-0.2, -0.15) is 0 Å². The van der Waals surface area contributed by atoms with E-state index in [9.17, 15) is 9.90 Å². The van der Waals surface area contributed by atoms with E-state index in [1.807, 2.05) is 11.8 Å². The Morgan fingerprint density at radius 1 is 1.21 bits per heavy atom. The fourth-order valence-corrected chi connectivity index (χ4v) is 3.17. The highest BCUT2D eigenvalue weighted by Crippen LogP contribution is 2.26. The maximum atomic E-state index is 12.7. The van der Waals surface area contributed by atoms with E-state index >= 15 is 0 Å². The normalized spacial score (nSPS) is 30.7. The Kier molecular flexibility index (Phi) is 5.64. The number of amides is 1. The summed E-state index contributed by atoms with van der Waals surface area (Å²) in [5, 5.41) is 9.21. The molecule has 0 aromatic carbocycles. The molecule has 4 nitrogen and oxygen atoms in total. The molecule has 1 N–H and O–H groups in total. The van der Waals surface area contributed by atoms with Gasteiger partial charge in [0.05, 0.1) is 25.4 Å². The Hall–Kier alpha value is -0.610. The first-order valence-corrected chi connectivity index (χ1v) is 7.75. The van der Waals surface area contributed by atoms with Crippen LogP contribution in [0, 0.1) is 5.92 Å². The molecule has 0 aromatic heterocycles. The zero-order valence-corrected chi connectivity index (χ0v) is 12.0. The maximum Gasteiger partial charge on any atom is 0.226 e. The molecule has 1 saturated heterocycles. The fourth-order valence-electron chi connectivity index (χ4n) is 3.17. The number of hydrogen-bond acceptors (Lipinski definition) is 3. The largest absolute Gasteiger partial charge is 0.394 e. The minimum Gasteiger partial charge on any atom is -0.394 e. The molecule has 1 heterocycles. The van der Waals surface area contributed by atoms with Crippen molar-refractivity contribution in [2.75, 3.05) is 19.8 Å². The molecule has 0 radical (unpaired) electrons. The third kappa shape index (κ3) is 3.93. The number of rotatable bonds is 2. The maximum absolute atomic E-state index is 12.7. The summed E-state index contributed by atoms with van der Waals surface area (Å²) in [6.45, 7) is 3.13. The number of aliphatic hydroxyl groups excluding tert-OH is 1. The number of morpholine rings is 1. The summed E-state index contributed by atoms with van der Waals surface area (Å²) >= 11 is 0. The van der Waals surface area contributed by atoms with Crippen LogP contribution in [0.2, 0.25) is 0 Å². The van der Waals surface area contributed by atoms with Crippen molar-refractivity contribution < 1.29 is 14.6 Å². The SMILES string of the molecule is CC1COC(CO)CN1C(=O)C1CCCCCCC1. The topological polar surface area (TPSA) is 49.8 Å². The zero-order chi connectivity index (χ0) is 13.7. The van der Waals surface area contributed by atoms with Gasteiger partial charge in [-0.05, 0) is 19.8 Å². The minimum absolute atomic E-state index is 0.00116. The van der Waals surface area contributed by atoms with E-state index in [2.05, 4.69) is 0 Å². The molecule has 0 spiro atoms. The number of hydrogen-bond donors (Lipinski definition) is 1. The molecule has 110 valence electrons. The van der Waals surface area contributed by atoms with Crippen LogP contribution in [0.25, 0.3) is 0 Å². The molecular formula is C15H27NO3. The minimum atomic E-state index is -0.200. The second-order valence-corrected chi connectivity index (χ2v) is 6.02. The molecule has 2 rings (SSSR count). The summed E-state index contributed by atoms with van der Waals surface area (Å²) in [4.78, 5) is 14.6. The predicted molar refractivity (Wildman–Crippen MR) is 73.8 cm³/mol. The van der Waals surface area contributed by atoms with Crippen LogP contribution >= 0.6 is 0 Å². The molecule has 2 atom stereocenters. The van der Waals surface area contributed by atoms with Crippen LogP contribution in [0.15, 0.2) is 0 Å². The lowest BCUT2D eigenvalue weighted by atomic mass is 9.89. The fraction of sp³-hybridized carbons (Fsp3) is 0.933. The third-order valence-electron chi connectivity index (χ3n) is 4.45. The lowest BCUT2D eigenvalue weighted by molar-refractivity contribution is -0.151. The number of carbonyl (C=O) groups is 1. The highest BCUT2D eigenvalue weighted by Gasteiger charge is 2.33. The molecular weight excluding hydrogens is 242 g/mol. The zero-order valence-electron chi connectivity index (χ0n) is 12.0. The second kappa shape index (κ2) is 7.25. The van der Waals surface area contributed by atoms with Gasteiger partial charge < -0.3 is 14.7 Å². The Balaban J connectivity index is 1.95. The molecule has 0 bridgehead atoms. The van der Waals surface area contributed by atoms with Crippen LogP contribution in [-0.4, -0.2) is 47.8 Å². The molecule has 1 aliphatic carbocycles. The van der Waals surface area contributed by atoms with Crippen molar-refractivity contribution in [3.05, 3.63) is 0 Å². The van der Waals surface area contributed by atoms with Crippen LogP contribution in [0.3, 0.4) is 0 Å². The van der Waals surface area contributed by atoms with Crippen molar-refractivity contribution in [3.63, 3.8) is 0 Å². The van der Waals surface area contributed by atoms with Gasteiger partial charge in [-0.3, -0.25) is 4.79 Å². The van der Waals surface area contributed by atoms with Gasteiger partial charge in [0, 0.05) is 12.5 Å². The van der Waals surface area contributed by atoms with E-state index in [1.165, 1.54) is 32.1 Å². The van der Waals surface area contributed by atoms with Gasteiger partial charge in [-0.1, -0.05) is 32.1 Å². The highest BCUT2D eigenvalue weighted by molar-refractivity contribution is 5.79. The number of ether oxygens (including phenoxy) is 1. The molecule has 1 amide bonds. The van der Waals surface area contributed by atoms with Gasteiger partial charge in [0.15, 0.2) is 0 Å². The van der Waals surface area contributed by atoms with E-state index in [0.717, 1.165) is 12.8 Å². The Bertz CT molecular complexity index is 287. The molecule has 1 saturated carbocycles. The van der Waals surface area contributed by atoms with Crippen molar-refractivity contribution in [1.82, 2.24) is 4.90 Å². The number of aliphatic hydroxyl groups is 1. The van der Waals surface area contributed by atoms with E-state index in [4.69, 9.17) is 4.74 Å². The summed E-state index contributed by atoms with van der Waals surface area (Å²) in [6, 6.07) is 0.140. The summed E-state index contributed by atoms with van der Waals surface area (Å²) in [5.41, 5.74) is 0. The summed E-state index contributed by atoms with van der Waals surface area (Å²) in [7, 11) is 0. The first-order valence-electron chi connectivity index (χ1n) is 7.75. The Morgan fingerprint density at radius 3 is 2.47 bits per heavy atom. The van der Waals surface area contributed by atoms with Crippen molar-refractivity contribution >= 4 is 5.91 Å². The predicted octanol–water partition coefficient (Wildman–Crippen LogP) is 1.96. The smallest absolute Gasteiger partial charge is 0.226 e.